The predicted molar refractivity (Wildman–Crippen MR) is 85.4 cm³/mol. The predicted octanol–water partition coefficient (Wildman–Crippen LogP) is 4.50. The fourth-order valence-electron chi connectivity index (χ4n) is 2.63. The van der Waals surface area contributed by atoms with E-state index >= 15 is 0 Å². The van der Waals surface area contributed by atoms with E-state index in [1.165, 1.54) is 12.2 Å². The molecule has 100 valence electrons. The molecule has 2 heterocycles. The Labute approximate surface area is 122 Å². The van der Waals surface area contributed by atoms with Crippen LogP contribution in [-0.2, 0) is 0 Å². The topological polar surface area (TPSA) is 24.9 Å². The maximum Gasteiger partial charge on any atom is 0.0752 e. The minimum atomic E-state index is 0.494. The fraction of sp³-hybridized carbons (Fsp3) is 0.400. The number of pyridine rings is 1. The molecule has 1 N–H and O–H groups in total. The number of anilines is 1. The number of hydrogen-bond acceptors (Lipinski definition) is 3. The van der Waals surface area contributed by atoms with Gasteiger partial charge < -0.3 is 5.32 Å². The van der Waals surface area contributed by atoms with Gasteiger partial charge in [0.2, 0.25) is 0 Å². The van der Waals surface area contributed by atoms with Crippen LogP contribution < -0.4 is 5.32 Å². The van der Waals surface area contributed by atoms with Crippen molar-refractivity contribution in [3.63, 3.8) is 0 Å². The molecule has 2 aromatic rings. The van der Waals surface area contributed by atoms with Crippen LogP contribution in [0.1, 0.15) is 18.9 Å². The Morgan fingerprint density at radius 1 is 1.47 bits per heavy atom. The Morgan fingerprint density at radius 2 is 2.32 bits per heavy atom. The molecule has 0 amide bonds. The number of aryl methyl sites for hydroxylation is 1. The van der Waals surface area contributed by atoms with E-state index in [4.69, 9.17) is 11.6 Å². The molecule has 1 aliphatic rings. The van der Waals surface area contributed by atoms with Gasteiger partial charge in [-0.3, -0.25) is 4.98 Å². The van der Waals surface area contributed by atoms with E-state index in [0.29, 0.717) is 11.3 Å². The monoisotopic (exact) mass is 292 g/mol. The summed E-state index contributed by atoms with van der Waals surface area (Å²) in [4.78, 5) is 4.47. The van der Waals surface area contributed by atoms with Crippen LogP contribution in [0, 0.1) is 6.92 Å². The van der Waals surface area contributed by atoms with Gasteiger partial charge in [-0.1, -0.05) is 18.5 Å². The number of rotatable bonds is 2. The molecular weight excluding hydrogens is 276 g/mol. The summed E-state index contributed by atoms with van der Waals surface area (Å²) in [7, 11) is 0. The zero-order chi connectivity index (χ0) is 13.4. The highest BCUT2D eigenvalue weighted by molar-refractivity contribution is 8.00. The first-order chi connectivity index (χ1) is 9.16. The highest BCUT2D eigenvalue weighted by Crippen LogP contribution is 2.36. The Balaban J connectivity index is 2.07. The third-order valence-electron chi connectivity index (χ3n) is 3.74. The molecule has 0 aliphatic carbocycles. The molecule has 4 heteroatoms. The summed E-state index contributed by atoms with van der Waals surface area (Å²) in [6.07, 6.45) is 3.03. The second-order valence-electron chi connectivity index (χ2n) is 5.07. The molecular formula is C15H17ClN2S. The van der Waals surface area contributed by atoms with Crippen LogP contribution in [0.2, 0.25) is 5.02 Å². The second-order valence-corrected chi connectivity index (χ2v) is 6.96. The van der Waals surface area contributed by atoms with Gasteiger partial charge in [-0.2, -0.15) is 11.8 Å². The summed E-state index contributed by atoms with van der Waals surface area (Å²) in [5.74, 6) is 1.22. The Hall–Kier alpha value is -0.930. The summed E-state index contributed by atoms with van der Waals surface area (Å²) in [6.45, 7) is 4.33. The highest BCUT2D eigenvalue weighted by Gasteiger charge is 2.25. The first kappa shape index (κ1) is 13.1. The first-order valence-corrected chi connectivity index (χ1v) is 8.01. The summed E-state index contributed by atoms with van der Waals surface area (Å²) >= 11 is 8.46. The minimum Gasteiger partial charge on any atom is -0.379 e. The van der Waals surface area contributed by atoms with Crippen molar-refractivity contribution in [2.45, 2.75) is 31.6 Å². The number of hydrogen-bond donors (Lipinski definition) is 1. The number of aromatic nitrogens is 1. The molecule has 0 bridgehead atoms. The van der Waals surface area contributed by atoms with Crippen LogP contribution in [0.3, 0.4) is 0 Å². The normalized spacial score (nSPS) is 22.9. The quantitative estimate of drug-likeness (QED) is 0.882. The Morgan fingerprint density at radius 3 is 3.05 bits per heavy atom. The number of benzene rings is 1. The minimum absolute atomic E-state index is 0.494. The molecule has 3 rings (SSSR count). The Kier molecular flexibility index (Phi) is 3.59. The highest BCUT2D eigenvalue weighted by atomic mass is 35.5. The average molecular weight is 293 g/mol. The van der Waals surface area contributed by atoms with Crippen LogP contribution in [0.4, 0.5) is 5.69 Å². The van der Waals surface area contributed by atoms with Crippen LogP contribution in [0.25, 0.3) is 10.9 Å². The van der Waals surface area contributed by atoms with Crippen molar-refractivity contribution in [3.8, 4) is 0 Å². The smallest absolute Gasteiger partial charge is 0.0752 e. The van der Waals surface area contributed by atoms with E-state index in [9.17, 15) is 0 Å². The van der Waals surface area contributed by atoms with E-state index in [-0.39, 0.29) is 0 Å². The van der Waals surface area contributed by atoms with E-state index in [1.807, 2.05) is 30.1 Å². The standard InChI is InChI=1S/C15H17ClN2S/c1-9-8-12(16)15(11-4-3-6-17-14(9)11)18-13-5-7-19-10(13)2/h3-4,6,8,10,13,18H,5,7H2,1-2H3. The van der Waals surface area contributed by atoms with Crippen molar-refractivity contribution in [2.75, 3.05) is 11.1 Å². The van der Waals surface area contributed by atoms with Gasteiger partial charge in [-0.15, -0.1) is 0 Å². The van der Waals surface area contributed by atoms with Crippen LogP contribution in [0.15, 0.2) is 24.4 Å². The van der Waals surface area contributed by atoms with Gasteiger partial charge in [0, 0.05) is 22.9 Å². The van der Waals surface area contributed by atoms with Gasteiger partial charge in [-0.25, -0.2) is 0 Å². The van der Waals surface area contributed by atoms with Gasteiger partial charge in [-0.05, 0) is 42.9 Å². The van der Waals surface area contributed by atoms with E-state index in [2.05, 4.69) is 30.2 Å². The summed E-state index contributed by atoms with van der Waals surface area (Å²) in [5.41, 5.74) is 3.20. The molecule has 1 aromatic carbocycles. The van der Waals surface area contributed by atoms with Gasteiger partial charge in [0.1, 0.15) is 0 Å². The van der Waals surface area contributed by atoms with Gasteiger partial charge in [0.25, 0.3) is 0 Å². The summed E-state index contributed by atoms with van der Waals surface area (Å²) in [6, 6.07) is 6.56. The van der Waals surface area contributed by atoms with Gasteiger partial charge >= 0.3 is 0 Å². The zero-order valence-electron chi connectivity index (χ0n) is 11.1. The van der Waals surface area contributed by atoms with Crippen molar-refractivity contribution in [1.82, 2.24) is 4.98 Å². The number of nitrogens with one attached hydrogen (secondary N) is 1. The van der Waals surface area contributed by atoms with E-state index < -0.39 is 0 Å². The van der Waals surface area contributed by atoms with Crippen molar-refractivity contribution < 1.29 is 0 Å². The largest absolute Gasteiger partial charge is 0.379 e. The molecule has 2 unspecified atom stereocenters. The van der Waals surface area contributed by atoms with Gasteiger partial charge in [0.15, 0.2) is 0 Å². The lowest BCUT2D eigenvalue weighted by atomic mass is 10.1. The third kappa shape index (κ3) is 2.41. The Bertz CT molecular complexity index is 614. The summed E-state index contributed by atoms with van der Waals surface area (Å²) in [5, 5.41) is 6.18. The molecule has 1 aromatic heterocycles. The lowest BCUT2D eigenvalue weighted by Gasteiger charge is -2.20. The molecule has 0 saturated carbocycles. The fourth-order valence-corrected chi connectivity index (χ4v) is 4.15. The van der Waals surface area contributed by atoms with Crippen molar-refractivity contribution in [3.05, 3.63) is 35.0 Å². The first-order valence-electron chi connectivity index (χ1n) is 6.59. The van der Waals surface area contributed by atoms with E-state index in [0.717, 1.165) is 27.2 Å². The maximum atomic E-state index is 6.44. The molecule has 0 radical (unpaired) electrons. The lowest BCUT2D eigenvalue weighted by molar-refractivity contribution is 0.725. The molecule has 2 nitrogen and oxygen atoms in total. The number of halogens is 1. The van der Waals surface area contributed by atoms with Crippen LogP contribution in [0.5, 0.6) is 0 Å². The number of fused-ring (bicyclic) bond motifs is 1. The van der Waals surface area contributed by atoms with Crippen molar-refractivity contribution >= 4 is 40.0 Å². The number of nitrogens with zero attached hydrogens (tertiary/aromatic N) is 1. The van der Waals surface area contributed by atoms with Crippen molar-refractivity contribution in [2.24, 2.45) is 0 Å². The SMILES string of the molecule is Cc1cc(Cl)c(NC2CCSC2C)c2cccnc12. The molecule has 1 saturated heterocycles. The van der Waals surface area contributed by atoms with Crippen LogP contribution in [-0.4, -0.2) is 22.0 Å². The molecule has 19 heavy (non-hydrogen) atoms. The van der Waals surface area contributed by atoms with Crippen LogP contribution >= 0.6 is 23.4 Å². The molecule has 1 fully saturated rings. The zero-order valence-corrected chi connectivity index (χ0v) is 12.7. The molecule has 1 aliphatic heterocycles. The van der Waals surface area contributed by atoms with Crippen molar-refractivity contribution in [1.29, 1.82) is 0 Å². The second kappa shape index (κ2) is 5.22. The lowest BCUT2D eigenvalue weighted by Crippen LogP contribution is -2.25. The summed E-state index contributed by atoms with van der Waals surface area (Å²) < 4.78 is 0. The average Bonchev–Trinajstić information content (AvgIpc) is 2.80. The number of thioether (sulfide) groups is 1. The molecule has 0 spiro atoms. The molecule has 2 atom stereocenters. The van der Waals surface area contributed by atoms with Gasteiger partial charge in [0.05, 0.1) is 16.2 Å². The van der Waals surface area contributed by atoms with E-state index in [1.54, 1.807) is 0 Å². The third-order valence-corrected chi connectivity index (χ3v) is 5.36. The maximum absolute atomic E-state index is 6.44.